The molecule has 0 atom stereocenters. The van der Waals surface area contributed by atoms with Gasteiger partial charge < -0.3 is 4.42 Å². The number of nitrogens with zero attached hydrogens (tertiary/aromatic N) is 4. The van der Waals surface area contributed by atoms with Gasteiger partial charge in [0.15, 0.2) is 10.8 Å². The standard InChI is InChI=1S/C21H16N4OS/c1-14-11-19-23-24-21(25(19)18-10-6-5-9-17(14)18)27-13-16-12-26-20(22-16)15-7-3-2-4-8-15/h2-12H,13H2,1H3. The van der Waals surface area contributed by atoms with Crippen LogP contribution in [0.1, 0.15) is 11.3 Å². The lowest BCUT2D eigenvalue weighted by Crippen LogP contribution is -1.93. The first-order valence-electron chi connectivity index (χ1n) is 8.66. The molecule has 0 unspecified atom stereocenters. The van der Waals surface area contributed by atoms with Crippen molar-refractivity contribution in [3.63, 3.8) is 0 Å². The zero-order valence-electron chi connectivity index (χ0n) is 14.7. The van der Waals surface area contributed by atoms with Gasteiger partial charge in [0.1, 0.15) is 6.26 Å². The molecule has 3 aromatic heterocycles. The molecule has 0 aliphatic rings. The smallest absolute Gasteiger partial charge is 0.226 e. The summed E-state index contributed by atoms with van der Waals surface area (Å²) in [4.78, 5) is 4.59. The Hall–Kier alpha value is -3.12. The Morgan fingerprint density at radius 1 is 1.00 bits per heavy atom. The first kappa shape index (κ1) is 16.1. The number of oxazole rings is 1. The highest BCUT2D eigenvalue weighted by atomic mass is 32.2. The molecule has 5 nitrogen and oxygen atoms in total. The van der Waals surface area contributed by atoms with Crippen molar-refractivity contribution in [2.45, 2.75) is 17.8 Å². The molecule has 2 aromatic carbocycles. The maximum Gasteiger partial charge on any atom is 0.226 e. The van der Waals surface area contributed by atoms with Crippen LogP contribution >= 0.6 is 11.8 Å². The molecule has 5 rings (SSSR count). The van der Waals surface area contributed by atoms with Gasteiger partial charge in [-0.1, -0.05) is 48.2 Å². The van der Waals surface area contributed by atoms with Crippen LogP contribution in [0, 0.1) is 6.92 Å². The van der Waals surface area contributed by atoms with E-state index in [9.17, 15) is 0 Å². The average molecular weight is 372 g/mol. The molecule has 3 heterocycles. The molecule has 0 N–H and O–H groups in total. The lowest BCUT2D eigenvalue weighted by atomic mass is 10.1. The van der Waals surface area contributed by atoms with Gasteiger partial charge in [0, 0.05) is 16.7 Å². The van der Waals surface area contributed by atoms with Crippen molar-refractivity contribution >= 4 is 28.3 Å². The minimum Gasteiger partial charge on any atom is -0.444 e. The van der Waals surface area contributed by atoms with E-state index in [1.807, 2.05) is 36.4 Å². The number of para-hydroxylation sites is 1. The second-order valence-corrected chi connectivity index (χ2v) is 7.26. The third-order valence-electron chi connectivity index (χ3n) is 4.50. The third-order valence-corrected chi connectivity index (χ3v) is 5.46. The van der Waals surface area contributed by atoms with Gasteiger partial charge in [-0.25, -0.2) is 4.98 Å². The van der Waals surface area contributed by atoms with Crippen LogP contribution in [-0.2, 0) is 5.75 Å². The van der Waals surface area contributed by atoms with Crippen molar-refractivity contribution in [1.29, 1.82) is 0 Å². The van der Waals surface area contributed by atoms with Crippen molar-refractivity contribution in [2.24, 2.45) is 0 Å². The summed E-state index contributed by atoms with van der Waals surface area (Å²) in [7, 11) is 0. The topological polar surface area (TPSA) is 56.2 Å². The van der Waals surface area contributed by atoms with Crippen LogP contribution in [0.4, 0.5) is 0 Å². The Balaban J connectivity index is 1.46. The summed E-state index contributed by atoms with van der Waals surface area (Å²) in [5.41, 5.74) is 5.03. The van der Waals surface area contributed by atoms with Crippen LogP contribution in [0.15, 0.2) is 76.5 Å². The number of rotatable bonds is 4. The predicted molar refractivity (Wildman–Crippen MR) is 107 cm³/mol. The van der Waals surface area contributed by atoms with Gasteiger partial charge >= 0.3 is 0 Å². The van der Waals surface area contributed by atoms with E-state index < -0.39 is 0 Å². The molecular weight excluding hydrogens is 356 g/mol. The number of pyridine rings is 1. The quantitative estimate of drug-likeness (QED) is 0.409. The van der Waals surface area contributed by atoms with Gasteiger partial charge in [-0.2, -0.15) is 0 Å². The third kappa shape index (κ3) is 2.88. The van der Waals surface area contributed by atoms with Crippen molar-refractivity contribution in [2.75, 3.05) is 0 Å². The summed E-state index contributed by atoms with van der Waals surface area (Å²) in [5, 5.41) is 10.8. The van der Waals surface area contributed by atoms with Gasteiger partial charge in [-0.15, -0.1) is 10.2 Å². The summed E-state index contributed by atoms with van der Waals surface area (Å²) in [5.74, 6) is 1.30. The highest BCUT2D eigenvalue weighted by Gasteiger charge is 2.13. The zero-order chi connectivity index (χ0) is 18.2. The normalized spacial score (nSPS) is 11.4. The number of aromatic nitrogens is 4. The average Bonchev–Trinajstić information content (AvgIpc) is 3.34. The van der Waals surface area contributed by atoms with E-state index >= 15 is 0 Å². The Morgan fingerprint density at radius 2 is 1.81 bits per heavy atom. The molecule has 0 fully saturated rings. The number of thioether (sulfide) groups is 1. The number of benzene rings is 2. The molecule has 0 amide bonds. The van der Waals surface area contributed by atoms with Gasteiger partial charge in [0.05, 0.1) is 11.2 Å². The van der Waals surface area contributed by atoms with Gasteiger partial charge in [0.2, 0.25) is 5.89 Å². The van der Waals surface area contributed by atoms with Crippen LogP contribution in [0.5, 0.6) is 0 Å². The first-order valence-corrected chi connectivity index (χ1v) is 9.64. The van der Waals surface area contributed by atoms with Crippen molar-refractivity contribution in [1.82, 2.24) is 19.6 Å². The summed E-state index contributed by atoms with van der Waals surface area (Å²) in [6.07, 6.45) is 1.71. The van der Waals surface area contributed by atoms with Crippen molar-refractivity contribution < 1.29 is 4.42 Å². The van der Waals surface area contributed by atoms with E-state index in [0.29, 0.717) is 11.6 Å². The van der Waals surface area contributed by atoms with Crippen LogP contribution in [0.3, 0.4) is 0 Å². The highest BCUT2D eigenvalue weighted by Crippen LogP contribution is 2.28. The SMILES string of the molecule is Cc1cc2nnc(SCc3coc(-c4ccccc4)n3)n2c2ccccc12. The molecule has 0 aliphatic carbocycles. The molecule has 5 aromatic rings. The predicted octanol–water partition coefficient (Wildman–Crippen LogP) is 5.14. The van der Waals surface area contributed by atoms with Crippen molar-refractivity contribution in [3.8, 4) is 11.5 Å². The number of fused-ring (bicyclic) bond motifs is 3. The second-order valence-electron chi connectivity index (χ2n) is 6.32. The molecule has 0 saturated carbocycles. The van der Waals surface area contributed by atoms with Crippen molar-refractivity contribution in [3.05, 3.63) is 78.2 Å². The van der Waals surface area contributed by atoms with E-state index in [4.69, 9.17) is 4.42 Å². The molecule has 0 saturated heterocycles. The fourth-order valence-electron chi connectivity index (χ4n) is 3.19. The fourth-order valence-corrected chi connectivity index (χ4v) is 4.02. The fraction of sp³-hybridized carbons (Fsp3) is 0.0952. The van der Waals surface area contributed by atoms with Crippen LogP contribution in [0.2, 0.25) is 0 Å². The maximum atomic E-state index is 5.63. The second kappa shape index (κ2) is 6.55. The zero-order valence-corrected chi connectivity index (χ0v) is 15.5. The Labute approximate surface area is 160 Å². The molecule has 0 aliphatic heterocycles. The molecular formula is C21H16N4OS. The molecule has 0 spiro atoms. The lowest BCUT2D eigenvalue weighted by Gasteiger charge is -2.06. The van der Waals surface area contributed by atoms with E-state index in [0.717, 1.165) is 27.6 Å². The van der Waals surface area contributed by atoms with Crippen LogP contribution in [0.25, 0.3) is 28.0 Å². The number of hydrogen-bond donors (Lipinski definition) is 0. The van der Waals surface area contributed by atoms with E-state index in [-0.39, 0.29) is 0 Å². The molecule has 132 valence electrons. The van der Waals surface area contributed by atoms with Gasteiger partial charge in [0.25, 0.3) is 0 Å². The summed E-state index contributed by atoms with van der Waals surface area (Å²) in [6, 6.07) is 20.3. The maximum absolute atomic E-state index is 5.63. The van der Waals surface area contributed by atoms with Crippen LogP contribution in [-0.4, -0.2) is 19.6 Å². The highest BCUT2D eigenvalue weighted by molar-refractivity contribution is 7.98. The van der Waals surface area contributed by atoms with E-state index in [1.54, 1.807) is 18.0 Å². The minimum absolute atomic E-state index is 0.637. The van der Waals surface area contributed by atoms with E-state index in [2.05, 4.69) is 50.8 Å². The molecule has 0 bridgehead atoms. The molecule has 27 heavy (non-hydrogen) atoms. The van der Waals surface area contributed by atoms with Gasteiger partial charge in [-0.3, -0.25) is 4.40 Å². The van der Waals surface area contributed by atoms with Crippen LogP contribution < -0.4 is 0 Å². The number of aryl methyl sites for hydroxylation is 1. The summed E-state index contributed by atoms with van der Waals surface area (Å²) in [6.45, 7) is 2.10. The summed E-state index contributed by atoms with van der Waals surface area (Å²) >= 11 is 1.61. The molecule has 6 heteroatoms. The Morgan fingerprint density at radius 3 is 2.70 bits per heavy atom. The monoisotopic (exact) mass is 372 g/mol. The summed E-state index contributed by atoms with van der Waals surface area (Å²) < 4.78 is 7.73. The number of hydrogen-bond acceptors (Lipinski definition) is 5. The Bertz CT molecular complexity index is 1240. The first-order chi connectivity index (χ1) is 13.3. The van der Waals surface area contributed by atoms with E-state index in [1.165, 1.54) is 10.9 Å². The minimum atomic E-state index is 0.637. The Kier molecular flexibility index (Phi) is 3.90. The molecule has 0 radical (unpaired) electrons. The van der Waals surface area contributed by atoms with Gasteiger partial charge in [-0.05, 0) is 36.8 Å². The lowest BCUT2D eigenvalue weighted by molar-refractivity contribution is 0.573. The largest absolute Gasteiger partial charge is 0.444 e.